The van der Waals surface area contributed by atoms with Crippen molar-refractivity contribution in [1.82, 2.24) is 0 Å². The lowest BCUT2D eigenvalue weighted by Gasteiger charge is -2.25. The number of hydrogen-bond acceptors (Lipinski definition) is 2. The van der Waals surface area contributed by atoms with Crippen LogP contribution >= 0.6 is 15.9 Å². The van der Waals surface area contributed by atoms with Gasteiger partial charge in [-0.25, -0.2) is 0 Å². The van der Waals surface area contributed by atoms with Gasteiger partial charge in [-0.15, -0.1) is 0 Å². The third kappa shape index (κ3) is 1.75. The highest BCUT2D eigenvalue weighted by molar-refractivity contribution is 9.09. The fourth-order valence-electron chi connectivity index (χ4n) is 1.38. The number of halogens is 1. The van der Waals surface area contributed by atoms with Gasteiger partial charge in [-0.05, 0) is 12.1 Å². The summed E-state index contributed by atoms with van der Waals surface area (Å²) < 4.78 is 5.54. The summed E-state index contributed by atoms with van der Waals surface area (Å²) in [7, 11) is 0. The van der Waals surface area contributed by atoms with E-state index in [-0.39, 0.29) is 12.0 Å². The molecule has 0 bridgehead atoms. The Morgan fingerprint density at radius 1 is 1.43 bits per heavy atom. The van der Waals surface area contributed by atoms with Gasteiger partial charge >= 0.3 is 0 Å². The van der Waals surface area contributed by atoms with E-state index >= 15 is 0 Å². The molecule has 1 aliphatic heterocycles. The summed E-state index contributed by atoms with van der Waals surface area (Å²) in [5, 5.41) is 3.57. The van der Waals surface area contributed by atoms with Crippen LogP contribution < -0.4 is 10.1 Å². The molecule has 1 heterocycles. The molecule has 1 aliphatic rings. The quantitative estimate of drug-likeness (QED) is 0.823. The number of anilines is 1. The van der Waals surface area contributed by atoms with Gasteiger partial charge in [-0.3, -0.25) is 4.79 Å². The van der Waals surface area contributed by atoms with Gasteiger partial charge in [0.1, 0.15) is 5.75 Å². The Morgan fingerprint density at radius 2 is 2.21 bits per heavy atom. The summed E-state index contributed by atoms with van der Waals surface area (Å²) in [4.78, 5) is 11.5. The Bertz CT molecular complexity index is 354. The minimum atomic E-state index is -0.371. The molecule has 1 atom stereocenters. The molecular weight excluding hydrogens is 246 g/mol. The van der Waals surface area contributed by atoms with Crippen molar-refractivity contribution in [2.75, 3.05) is 10.6 Å². The lowest BCUT2D eigenvalue weighted by molar-refractivity contribution is -0.123. The minimum absolute atomic E-state index is 0.0665. The van der Waals surface area contributed by atoms with E-state index < -0.39 is 0 Å². The van der Waals surface area contributed by atoms with Crippen molar-refractivity contribution < 1.29 is 9.53 Å². The molecule has 0 fully saturated rings. The highest BCUT2D eigenvalue weighted by Gasteiger charge is 2.26. The molecule has 14 heavy (non-hydrogen) atoms. The van der Waals surface area contributed by atoms with E-state index in [0.717, 1.165) is 16.8 Å². The molecule has 0 radical (unpaired) electrons. The number of amides is 1. The Hall–Kier alpha value is -1.03. The summed E-state index contributed by atoms with van der Waals surface area (Å²) in [6, 6.07) is 7.45. The maximum absolute atomic E-state index is 11.5. The predicted molar refractivity (Wildman–Crippen MR) is 57.9 cm³/mol. The third-order valence-corrected chi connectivity index (χ3v) is 2.54. The first-order chi connectivity index (χ1) is 6.81. The average Bonchev–Trinajstić information content (AvgIpc) is 2.19. The molecule has 0 aromatic heterocycles. The minimum Gasteiger partial charge on any atom is -0.478 e. The van der Waals surface area contributed by atoms with Crippen molar-refractivity contribution in [2.24, 2.45) is 0 Å². The van der Waals surface area contributed by atoms with Crippen LogP contribution in [0.1, 0.15) is 6.42 Å². The van der Waals surface area contributed by atoms with Crippen LogP contribution in [0.4, 0.5) is 5.69 Å². The van der Waals surface area contributed by atoms with E-state index in [1.807, 2.05) is 24.3 Å². The van der Waals surface area contributed by atoms with E-state index in [0.29, 0.717) is 6.42 Å². The van der Waals surface area contributed by atoms with Gasteiger partial charge < -0.3 is 10.1 Å². The van der Waals surface area contributed by atoms with Gasteiger partial charge in [-0.2, -0.15) is 0 Å². The Morgan fingerprint density at radius 3 is 3.00 bits per heavy atom. The average molecular weight is 256 g/mol. The number of para-hydroxylation sites is 2. The van der Waals surface area contributed by atoms with Gasteiger partial charge in [0, 0.05) is 11.8 Å². The van der Waals surface area contributed by atoms with Gasteiger partial charge in [0.25, 0.3) is 5.91 Å². The number of fused-ring (bicyclic) bond motifs is 1. The second-order valence-corrected chi connectivity index (χ2v) is 3.86. The molecule has 1 N–H and O–H groups in total. The standard InChI is InChI=1S/C10H10BrNO2/c11-6-5-9-10(13)12-7-3-1-2-4-8(7)14-9/h1-4,9H,5-6H2,(H,12,13). The van der Waals surface area contributed by atoms with Crippen LogP contribution in [-0.2, 0) is 4.79 Å². The Balaban J connectivity index is 2.22. The Labute approximate surface area is 90.6 Å². The molecule has 0 saturated carbocycles. The van der Waals surface area contributed by atoms with Crippen LogP contribution in [0.3, 0.4) is 0 Å². The Kier molecular flexibility index (Phi) is 2.72. The second-order valence-electron chi connectivity index (χ2n) is 3.07. The molecular formula is C10H10BrNO2. The first-order valence-corrected chi connectivity index (χ1v) is 5.56. The molecule has 0 spiro atoms. The van der Waals surface area contributed by atoms with Crippen LogP contribution in [0.2, 0.25) is 0 Å². The number of nitrogens with one attached hydrogen (secondary N) is 1. The fourth-order valence-corrected chi connectivity index (χ4v) is 1.80. The second kappa shape index (κ2) is 4.00. The van der Waals surface area contributed by atoms with Crippen molar-refractivity contribution in [3.05, 3.63) is 24.3 Å². The van der Waals surface area contributed by atoms with E-state index in [1.54, 1.807) is 0 Å². The number of benzene rings is 1. The van der Waals surface area contributed by atoms with Gasteiger partial charge in [0.2, 0.25) is 0 Å². The monoisotopic (exact) mass is 255 g/mol. The van der Waals surface area contributed by atoms with E-state index in [1.165, 1.54) is 0 Å². The zero-order valence-electron chi connectivity index (χ0n) is 7.50. The zero-order valence-corrected chi connectivity index (χ0v) is 9.08. The van der Waals surface area contributed by atoms with Crippen molar-refractivity contribution >= 4 is 27.5 Å². The fraction of sp³-hybridized carbons (Fsp3) is 0.300. The van der Waals surface area contributed by atoms with Crippen molar-refractivity contribution in [2.45, 2.75) is 12.5 Å². The third-order valence-electron chi connectivity index (χ3n) is 2.08. The largest absolute Gasteiger partial charge is 0.478 e. The first-order valence-electron chi connectivity index (χ1n) is 4.44. The van der Waals surface area contributed by atoms with E-state index in [4.69, 9.17) is 4.74 Å². The number of ether oxygens (including phenoxy) is 1. The summed E-state index contributed by atoms with van der Waals surface area (Å²) in [6.45, 7) is 0. The van der Waals surface area contributed by atoms with Crippen LogP contribution in [0.5, 0.6) is 5.75 Å². The molecule has 2 rings (SSSR count). The summed E-state index contributed by atoms with van der Waals surface area (Å²) >= 11 is 3.29. The maximum atomic E-state index is 11.5. The molecule has 1 aromatic rings. The molecule has 0 saturated heterocycles. The number of hydrogen-bond donors (Lipinski definition) is 1. The predicted octanol–water partition coefficient (Wildman–Crippen LogP) is 2.17. The van der Waals surface area contributed by atoms with Gasteiger partial charge in [0.15, 0.2) is 6.10 Å². The topological polar surface area (TPSA) is 38.3 Å². The van der Waals surface area contributed by atoms with Gasteiger partial charge in [0.05, 0.1) is 5.69 Å². The lowest BCUT2D eigenvalue weighted by Crippen LogP contribution is -2.37. The molecule has 3 nitrogen and oxygen atoms in total. The van der Waals surface area contributed by atoms with Crippen molar-refractivity contribution in [3.63, 3.8) is 0 Å². The summed E-state index contributed by atoms with van der Waals surface area (Å²) in [6.07, 6.45) is 0.310. The molecule has 1 unspecified atom stereocenters. The number of carbonyl (C=O) groups is 1. The number of rotatable bonds is 2. The highest BCUT2D eigenvalue weighted by Crippen LogP contribution is 2.29. The first kappa shape index (κ1) is 9.52. The number of alkyl halides is 1. The SMILES string of the molecule is O=C1Nc2ccccc2OC1CCBr. The molecule has 4 heteroatoms. The molecule has 1 amide bonds. The summed E-state index contributed by atoms with van der Waals surface area (Å²) in [5.41, 5.74) is 0.753. The smallest absolute Gasteiger partial charge is 0.265 e. The van der Waals surface area contributed by atoms with Crippen LogP contribution in [-0.4, -0.2) is 17.3 Å². The molecule has 0 aliphatic carbocycles. The van der Waals surface area contributed by atoms with Gasteiger partial charge in [-0.1, -0.05) is 28.1 Å². The van der Waals surface area contributed by atoms with Crippen LogP contribution in [0.15, 0.2) is 24.3 Å². The lowest BCUT2D eigenvalue weighted by atomic mass is 10.2. The van der Waals surface area contributed by atoms with Crippen molar-refractivity contribution in [3.8, 4) is 5.75 Å². The van der Waals surface area contributed by atoms with Crippen LogP contribution in [0.25, 0.3) is 0 Å². The van der Waals surface area contributed by atoms with Crippen LogP contribution in [0, 0.1) is 0 Å². The molecule has 1 aromatic carbocycles. The normalized spacial score (nSPS) is 19.5. The van der Waals surface area contributed by atoms with Crippen molar-refractivity contribution in [1.29, 1.82) is 0 Å². The van der Waals surface area contributed by atoms with E-state index in [2.05, 4.69) is 21.2 Å². The van der Waals surface area contributed by atoms with E-state index in [9.17, 15) is 4.79 Å². The number of carbonyl (C=O) groups excluding carboxylic acids is 1. The summed E-state index contributed by atoms with van der Waals surface area (Å²) in [5.74, 6) is 0.682. The maximum Gasteiger partial charge on any atom is 0.265 e. The highest BCUT2D eigenvalue weighted by atomic mass is 79.9. The zero-order chi connectivity index (χ0) is 9.97. The molecule has 74 valence electrons.